The third-order valence-corrected chi connectivity index (χ3v) is 8.24. The third-order valence-electron chi connectivity index (χ3n) is 7.89. The molecule has 5 rings (SSSR count). The van der Waals surface area contributed by atoms with Crippen molar-refractivity contribution in [3.05, 3.63) is 111 Å². The standard InChI is InChI=1S/C32H34ClN5O3/c1-20-15-16-38(41)22(3)29(20)23-9-11-24(12-10-23)34-32(40)30(21(2)26-7-5-6-8-27(26)33)35-31(39)28-14-13-25-19-36(4)17-18-37(25)28/h5-16,21,30H,17-19H2,1-4H3,(H,34,40)(H,35,39)/t21?,30-/m0/s1. The van der Waals surface area contributed by atoms with E-state index in [-0.39, 0.29) is 11.8 Å². The van der Waals surface area contributed by atoms with E-state index >= 15 is 0 Å². The van der Waals surface area contributed by atoms with Crippen LogP contribution < -0.4 is 15.4 Å². The predicted molar refractivity (Wildman–Crippen MR) is 161 cm³/mol. The second kappa shape index (κ2) is 11.8. The molecule has 2 N–H and O–H groups in total. The Morgan fingerprint density at radius 1 is 1.00 bits per heavy atom. The minimum Gasteiger partial charge on any atom is -0.618 e. The van der Waals surface area contributed by atoms with Gasteiger partial charge in [-0.15, -0.1) is 0 Å². The average Bonchev–Trinajstić information content (AvgIpc) is 3.38. The zero-order valence-electron chi connectivity index (χ0n) is 23.6. The highest BCUT2D eigenvalue weighted by atomic mass is 35.5. The Labute approximate surface area is 245 Å². The number of carbonyl (C=O) groups is 2. The molecule has 0 radical (unpaired) electrons. The first-order chi connectivity index (χ1) is 19.6. The maximum atomic E-state index is 13.8. The monoisotopic (exact) mass is 571 g/mol. The highest BCUT2D eigenvalue weighted by Crippen LogP contribution is 2.29. The number of nitrogens with one attached hydrogen (secondary N) is 2. The van der Waals surface area contributed by atoms with E-state index < -0.39 is 12.0 Å². The lowest BCUT2D eigenvalue weighted by Crippen LogP contribution is -2.47. The molecule has 0 bridgehead atoms. The summed E-state index contributed by atoms with van der Waals surface area (Å²) in [5.41, 5.74) is 6.28. The van der Waals surface area contributed by atoms with Crippen molar-refractivity contribution in [3.8, 4) is 11.1 Å². The summed E-state index contributed by atoms with van der Waals surface area (Å²) < 4.78 is 2.87. The van der Waals surface area contributed by atoms with Gasteiger partial charge in [-0.3, -0.25) is 14.5 Å². The van der Waals surface area contributed by atoms with Crippen LogP contribution in [0.5, 0.6) is 0 Å². The summed E-state index contributed by atoms with van der Waals surface area (Å²) in [6, 6.07) is 19.4. The molecule has 2 atom stereocenters. The van der Waals surface area contributed by atoms with Crippen LogP contribution in [0, 0.1) is 19.1 Å². The number of aromatic nitrogens is 2. The van der Waals surface area contributed by atoms with Crippen molar-refractivity contribution in [2.45, 2.75) is 45.8 Å². The SMILES string of the molecule is Cc1cc[n+]([O-])c(C)c1-c1ccc(NC(=O)[C@@H](NC(=O)c2ccc3n2CCN(C)C3)C(C)c2ccccc2Cl)cc1. The molecule has 0 saturated heterocycles. The van der Waals surface area contributed by atoms with Crippen molar-refractivity contribution in [2.75, 3.05) is 18.9 Å². The molecule has 1 aliphatic heterocycles. The lowest BCUT2D eigenvalue weighted by atomic mass is 9.92. The van der Waals surface area contributed by atoms with E-state index in [0.717, 1.165) is 45.8 Å². The minimum absolute atomic E-state index is 0.309. The maximum Gasteiger partial charge on any atom is 0.268 e. The van der Waals surface area contributed by atoms with E-state index in [4.69, 9.17) is 11.6 Å². The van der Waals surface area contributed by atoms with Gasteiger partial charge in [-0.2, -0.15) is 4.73 Å². The second-order valence-corrected chi connectivity index (χ2v) is 11.1. The number of pyridine rings is 1. The van der Waals surface area contributed by atoms with Crippen molar-refractivity contribution in [2.24, 2.45) is 0 Å². The molecule has 9 heteroatoms. The number of rotatable bonds is 7. The van der Waals surface area contributed by atoms with Crippen LogP contribution in [0.2, 0.25) is 5.02 Å². The van der Waals surface area contributed by atoms with Gasteiger partial charge in [0.1, 0.15) is 11.7 Å². The molecule has 3 heterocycles. The van der Waals surface area contributed by atoms with E-state index in [1.54, 1.807) is 31.2 Å². The first-order valence-electron chi connectivity index (χ1n) is 13.7. The molecular weight excluding hydrogens is 538 g/mol. The Morgan fingerprint density at radius 2 is 1.73 bits per heavy atom. The number of amides is 2. The van der Waals surface area contributed by atoms with Crippen LogP contribution in [0.1, 0.15) is 45.8 Å². The number of carbonyl (C=O) groups excluding carboxylic acids is 2. The maximum absolute atomic E-state index is 13.8. The average molecular weight is 572 g/mol. The van der Waals surface area contributed by atoms with Crippen molar-refractivity contribution in [1.82, 2.24) is 14.8 Å². The molecule has 4 aromatic rings. The second-order valence-electron chi connectivity index (χ2n) is 10.7. The third kappa shape index (κ3) is 5.85. The highest BCUT2D eigenvalue weighted by molar-refractivity contribution is 6.31. The Morgan fingerprint density at radius 3 is 2.46 bits per heavy atom. The largest absolute Gasteiger partial charge is 0.618 e. The summed E-state index contributed by atoms with van der Waals surface area (Å²) in [7, 11) is 2.05. The number of hydrogen-bond donors (Lipinski definition) is 2. The zero-order valence-corrected chi connectivity index (χ0v) is 24.4. The summed E-state index contributed by atoms with van der Waals surface area (Å²) >= 11 is 6.51. The van der Waals surface area contributed by atoms with Gasteiger partial charge in [0.25, 0.3) is 5.91 Å². The Bertz CT molecular complexity index is 1600. The normalized spacial score (nSPS) is 14.7. The fraction of sp³-hybridized carbons (Fsp3) is 0.281. The fourth-order valence-electron chi connectivity index (χ4n) is 5.54. The van der Waals surface area contributed by atoms with Crippen molar-refractivity contribution in [3.63, 3.8) is 0 Å². The fourth-order valence-corrected chi connectivity index (χ4v) is 5.85. The molecule has 2 aromatic carbocycles. The summed E-state index contributed by atoms with van der Waals surface area (Å²) in [5, 5.41) is 18.6. The van der Waals surface area contributed by atoms with Gasteiger partial charge in [-0.05, 0) is 61.0 Å². The summed E-state index contributed by atoms with van der Waals surface area (Å²) in [6.07, 6.45) is 1.50. The zero-order chi connectivity index (χ0) is 29.3. The van der Waals surface area contributed by atoms with Crippen LogP contribution >= 0.6 is 11.6 Å². The van der Waals surface area contributed by atoms with E-state index in [1.165, 1.54) is 6.20 Å². The molecule has 0 saturated carbocycles. The van der Waals surface area contributed by atoms with E-state index in [9.17, 15) is 14.8 Å². The number of fused-ring (bicyclic) bond motifs is 1. The molecule has 1 aliphatic rings. The molecule has 0 fully saturated rings. The number of nitrogens with zero attached hydrogens (tertiary/aromatic N) is 3. The van der Waals surface area contributed by atoms with Crippen LogP contribution in [-0.4, -0.2) is 40.9 Å². The Balaban J connectivity index is 1.40. The van der Waals surface area contributed by atoms with Gasteiger partial charge >= 0.3 is 0 Å². The van der Waals surface area contributed by atoms with Crippen molar-refractivity contribution < 1.29 is 14.3 Å². The molecule has 1 unspecified atom stereocenters. The quantitative estimate of drug-likeness (QED) is 0.240. The van der Waals surface area contributed by atoms with E-state index in [2.05, 4.69) is 22.6 Å². The van der Waals surface area contributed by atoms with Gasteiger partial charge in [-0.1, -0.05) is 48.9 Å². The van der Waals surface area contributed by atoms with Crippen molar-refractivity contribution in [1.29, 1.82) is 0 Å². The van der Waals surface area contributed by atoms with E-state index in [0.29, 0.717) is 28.6 Å². The summed E-state index contributed by atoms with van der Waals surface area (Å²) in [6.45, 7) is 7.94. The van der Waals surface area contributed by atoms with Crippen LogP contribution in [0.4, 0.5) is 5.69 Å². The van der Waals surface area contributed by atoms with Crippen LogP contribution in [0.25, 0.3) is 11.1 Å². The first-order valence-corrected chi connectivity index (χ1v) is 14.0. The first kappa shape index (κ1) is 28.4. The van der Waals surface area contributed by atoms with Crippen LogP contribution in [0.3, 0.4) is 0 Å². The Kier molecular flexibility index (Phi) is 8.15. The molecule has 2 amide bonds. The van der Waals surface area contributed by atoms with Gasteiger partial charge < -0.3 is 20.4 Å². The highest BCUT2D eigenvalue weighted by Gasteiger charge is 2.31. The minimum atomic E-state index is -0.891. The number of aryl methyl sites for hydroxylation is 1. The van der Waals surface area contributed by atoms with E-state index in [1.807, 2.05) is 60.9 Å². The lowest BCUT2D eigenvalue weighted by molar-refractivity contribution is -0.611. The van der Waals surface area contributed by atoms with Gasteiger partial charge in [0.15, 0.2) is 11.9 Å². The summed E-state index contributed by atoms with van der Waals surface area (Å²) in [5.74, 6) is -1.07. The number of hydrogen-bond acceptors (Lipinski definition) is 4. The predicted octanol–water partition coefficient (Wildman–Crippen LogP) is 5.04. The lowest BCUT2D eigenvalue weighted by Gasteiger charge is -2.28. The molecule has 41 heavy (non-hydrogen) atoms. The van der Waals surface area contributed by atoms with Gasteiger partial charge in [-0.25, -0.2) is 0 Å². The van der Waals surface area contributed by atoms with Crippen molar-refractivity contribution >= 4 is 29.1 Å². The topological polar surface area (TPSA) is 93.3 Å². The van der Waals surface area contributed by atoms with Crippen LogP contribution in [0.15, 0.2) is 72.9 Å². The number of halogens is 1. The number of benzene rings is 2. The van der Waals surface area contributed by atoms with Gasteiger partial charge in [0.05, 0.1) is 5.56 Å². The Hall–Kier alpha value is -4.14. The number of likely N-dealkylation sites (N-methyl/N-ethyl adjacent to an activating group) is 1. The molecule has 0 spiro atoms. The molecule has 8 nitrogen and oxygen atoms in total. The summed E-state index contributed by atoms with van der Waals surface area (Å²) in [4.78, 5) is 29.5. The smallest absolute Gasteiger partial charge is 0.268 e. The number of anilines is 1. The molecule has 2 aromatic heterocycles. The van der Waals surface area contributed by atoms with Gasteiger partial charge in [0.2, 0.25) is 5.91 Å². The molecular formula is C32H34ClN5O3. The van der Waals surface area contributed by atoms with Gasteiger partial charge in [0, 0.05) is 54.9 Å². The molecule has 212 valence electrons. The van der Waals surface area contributed by atoms with Crippen LogP contribution in [-0.2, 0) is 17.9 Å². The molecule has 0 aliphatic carbocycles.